The summed E-state index contributed by atoms with van der Waals surface area (Å²) in [5.41, 5.74) is -0.627. The molecule has 1 heterocycles. The van der Waals surface area contributed by atoms with E-state index in [0.717, 1.165) is 11.0 Å². The number of rotatable bonds is 5. The highest BCUT2D eigenvalue weighted by Crippen LogP contribution is 2.33. The maximum absolute atomic E-state index is 13.3. The first kappa shape index (κ1) is 18.7. The SMILES string of the molecule is CC1(c2ccc(F)cc2Cl)NC(=O)N(CCOc2cccc(C#N)c2)C1=O. The smallest absolute Gasteiger partial charge is 0.325 e. The molecular formula is C19H15ClFN3O3. The lowest BCUT2D eigenvalue weighted by molar-refractivity contribution is -0.131. The van der Waals surface area contributed by atoms with Crippen LogP contribution in [-0.4, -0.2) is 30.0 Å². The van der Waals surface area contributed by atoms with Crippen LogP contribution in [0.4, 0.5) is 9.18 Å². The van der Waals surface area contributed by atoms with E-state index in [1.165, 1.54) is 19.1 Å². The van der Waals surface area contributed by atoms with E-state index in [1.807, 2.05) is 6.07 Å². The monoisotopic (exact) mass is 387 g/mol. The summed E-state index contributed by atoms with van der Waals surface area (Å²) < 4.78 is 18.8. The molecule has 1 N–H and O–H groups in total. The number of amides is 3. The lowest BCUT2D eigenvalue weighted by atomic mass is 9.92. The second kappa shape index (κ2) is 7.25. The molecule has 8 heteroatoms. The van der Waals surface area contributed by atoms with E-state index in [0.29, 0.717) is 16.9 Å². The number of ether oxygens (including phenoxy) is 1. The summed E-state index contributed by atoms with van der Waals surface area (Å²) in [4.78, 5) is 26.1. The number of carbonyl (C=O) groups is 2. The third kappa shape index (κ3) is 3.57. The predicted octanol–water partition coefficient (Wildman–Crippen LogP) is 3.20. The highest BCUT2D eigenvalue weighted by molar-refractivity contribution is 6.32. The normalized spacial score (nSPS) is 19.0. The number of benzene rings is 2. The Balaban J connectivity index is 1.71. The van der Waals surface area contributed by atoms with Crippen LogP contribution in [0.3, 0.4) is 0 Å². The minimum atomic E-state index is -1.39. The zero-order valence-electron chi connectivity index (χ0n) is 14.3. The summed E-state index contributed by atoms with van der Waals surface area (Å²) >= 11 is 6.06. The Kier molecular flexibility index (Phi) is 5.02. The van der Waals surface area contributed by atoms with Gasteiger partial charge in [-0.3, -0.25) is 9.69 Å². The number of nitriles is 1. The van der Waals surface area contributed by atoms with Crippen LogP contribution >= 0.6 is 11.6 Å². The van der Waals surface area contributed by atoms with E-state index in [9.17, 15) is 14.0 Å². The van der Waals surface area contributed by atoms with Gasteiger partial charge in [-0.05, 0) is 37.3 Å². The summed E-state index contributed by atoms with van der Waals surface area (Å²) in [6, 6.07) is 11.6. The van der Waals surface area contributed by atoms with Crippen LogP contribution in [0.15, 0.2) is 42.5 Å². The fraction of sp³-hybridized carbons (Fsp3) is 0.211. The van der Waals surface area contributed by atoms with Crippen molar-refractivity contribution in [3.05, 3.63) is 64.4 Å². The predicted molar refractivity (Wildman–Crippen MR) is 95.7 cm³/mol. The molecule has 2 aromatic rings. The summed E-state index contributed by atoms with van der Waals surface area (Å²) in [7, 11) is 0. The van der Waals surface area contributed by atoms with Crippen molar-refractivity contribution in [1.29, 1.82) is 5.26 Å². The third-order valence-corrected chi connectivity index (χ3v) is 4.60. The van der Waals surface area contributed by atoms with Crippen molar-refractivity contribution < 1.29 is 18.7 Å². The van der Waals surface area contributed by atoms with Gasteiger partial charge < -0.3 is 10.1 Å². The quantitative estimate of drug-likeness (QED) is 0.799. The maximum atomic E-state index is 13.3. The molecule has 27 heavy (non-hydrogen) atoms. The van der Waals surface area contributed by atoms with Crippen molar-refractivity contribution in [1.82, 2.24) is 10.2 Å². The second-order valence-corrected chi connectivity index (χ2v) is 6.53. The molecule has 3 amide bonds. The van der Waals surface area contributed by atoms with Crippen LogP contribution in [0.1, 0.15) is 18.1 Å². The number of urea groups is 1. The molecule has 0 aromatic heterocycles. The van der Waals surface area contributed by atoms with Gasteiger partial charge in [0.1, 0.15) is 23.7 Å². The van der Waals surface area contributed by atoms with Crippen molar-refractivity contribution in [3.8, 4) is 11.8 Å². The molecule has 1 fully saturated rings. The zero-order chi connectivity index (χ0) is 19.6. The van der Waals surface area contributed by atoms with Crippen molar-refractivity contribution in [2.24, 2.45) is 0 Å². The van der Waals surface area contributed by atoms with Crippen LogP contribution in [0.25, 0.3) is 0 Å². The summed E-state index contributed by atoms with van der Waals surface area (Å²) in [5, 5.41) is 11.5. The fourth-order valence-electron chi connectivity index (χ4n) is 2.89. The molecule has 138 valence electrons. The minimum Gasteiger partial charge on any atom is -0.492 e. The average Bonchev–Trinajstić information content (AvgIpc) is 2.85. The first-order valence-electron chi connectivity index (χ1n) is 8.08. The Hall–Kier alpha value is -3.11. The zero-order valence-corrected chi connectivity index (χ0v) is 15.1. The molecule has 0 saturated carbocycles. The van der Waals surface area contributed by atoms with Crippen LogP contribution in [-0.2, 0) is 10.3 Å². The molecule has 1 saturated heterocycles. The van der Waals surface area contributed by atoms with E-state index >= 15 is 0 Å². The van der Waals surface area contributed by atoms with E-state index in [-0.39, 0.29) is 18.2 Å². The molecule has 6 nitrogen and oxygen atoms in total. The molecule has 1 unspecified atom stereocenters. The number of nitrogens with one attached hydrogen (secondary N) is 1. The molecule has 0 spiro atoms. The van der Waals surface area contributed by atoms with Gasteiger partial charge in [0.05, 0.1) is 18.2 Å². The van der Waals surface area contributed by atoms with Crippen molar-refractivity contribution in [3.63, 3.8) is 0 Å². The number of nitrogens with zero attached hydrogens (tertiary/aromatic N) is 2. The standard InChI is InChI=1S/C19H15ClFN3O3/c1-19(15-6-5-13(21)10-16(15)20)17(25)24(18(26)23-19)7-8-27-14-4-2-3-12(9-14)11-22/h2-6,9-10H,7-8H2,1H3,(H,23,26). The Labute approximate surface area is 160 Å². The van der Waals surface area contributed by atoms with Gasteiger partial charge in [-0.15, -0.1) is 0 Å². The fourth-order valence-corrected chi connectivity index (χ4v) is 3.24. The van der Waals surface area contributed by atoms with Gasteiger partial charge in [0.15, 0.2) is 0 Å². The average molecular weight is 388 g/mol. The third-order valence-electron chi connectivity index (χ3n) is 4.29. The summed E-state index contributed by atoms with van der Waals surface area (Å²) in [6.45, 7) is 1.58. The Morgan fingerprint density at radius 3 is 2.78 bits per heavy atom. The molecule has 0 bridgehead atoms. The van der Waals surface area contributed by atoms with E-state index in [2.05, 4.69) is 5.32 Å². The molecule has 3 rings (SSSR count). The number of halogens is 2. The summed E-state index contributed by atoms with van der Waals surface area (Å²) in [6.07, 6.45) is 0. The first-order valence-corrected chi connectivity index (χ1v) is 8.45. The minimum absolute atomic E-state index is 0.00977. The molecule has 2 aromatic carbocycles. The second-order valence-electron chi connectivity index (χ2n) is 6.12. The topological polar surface area (TPSA) is 82.4 Å². The van der Waals surface area contributed by atoms with E-state index in [4.69, 9.17) is 21.6 Å². The molecule has 1 atom stereocenters. The van der Waals surface area contributed by atoms with Crippen LogP contribution < -0.4 is 10.1 Å². The first-order chi connectivity index (χ1) is 12.8. The highest BCUT2D eigenvalue weighted by Gasteiger charge is 2.49. The number of carbonyl (C=O) groups excluding carboxylic acids is 2. The van der Waals surface area contributed by atoms with Crippen molar-refractivity contribution >= 4 is 23.5 Å². The van der Waals surface area contributed by atoms with E-state index in [1.54, 1.807) is 24.3 Å². The van der Waals surface area contributed by atoms with Crippen LogP contribution in [0.5, 0.6) is 5.75 Å². The lowest BCUT2D eigenvalue weighted by Gasteiger charge is -2.23. The maximum Gasteiger partial charge on any atom is 0.325 e. The largest absolute Gasteiger partial charge is 0.492 e. The number of imide groups is 1. The molecule has 1 aliphatic rings. The van der Waals surface area contributed by atoms with Crippen molar-refractivity contribution in [2.75, 3.05) is 13.2 Å². The molecule has 0 aliphatic carbocycles. The molecule has 1 aliphatic heterocycles. The Morgan fingerprint density at radius 2 is 2.07 bits per heavy atom. The van der Waals surface area contributed by atoms with E-state index < -0.39 is 23.3 Å². The van der Waals surface area contributed by atoms with Gasteiger partial charge in [0.2, 0.25) is 0 Å². The van der Waals surface area contributed by atoms with Crippen LogP contribution in [0, 0.1) is 17.1 Å². The van der Waals surface area contributed by atoms with Gasteiger partial charge in [0.25, 0.3) is 5.91 Å². The van der Waals surface area contributed by atoms with Gasteiger partial charge >= 0.3 is 6.03 Å². The van der Waals surface area contributed by atoms with Crippen LogP contribution in [0.2, 0.25) is 5.02 Å². The summed E-state index contributed by atoms with van der Waals surface area (Å²) in [5.74, 6) is -0.574. The molecular weight excluding hydrogens is 373 g/mol. The Morgan fingerprint density at radius 1 is 1.30 bits per heavy atom. The Bertz CT molecular complexity index is 959. The van der Waals surface area contributed by atoms with Gasteiger partial charge in [-0.2, -0.15) is 5.26 Å². The number of hydrogen-bond donors (Lipinski definition) is 1. The highest BCUT2D eigenvalue weighted by atomic mass is 35.5. The molecule has 0 radical (unpaired) electrons. The van der Waals surface area contributed by atoms with Gasteiger partial charge in [0, 0.05) is 10.6 Å². The van der Waals surface area contributed by atoms with Crippen molar-refractivity contribution in [2.45, 2.75) is 12.5 Å². The van der Waals surface area contributed by atoms with Gasteiger partial charge in [-0.25, -0.2) is 9.18 Å². The number of hydrogen-bond acceptors (Lipinski definition) is 4. The van der Waals surface area contributed by atoms with Gasteiger partial charge in [-0.1, -0.05) is 23.7 Å². The lowest BCUT2D eigenvalue weighted by Crippen LogP contribution is -2.41.